The van der Waals surface area contributed by atoms with Crippen LogP contribution in [0.2, 0.25) is 0 Å². The second-order valence-electron chi connectivity index (χ2n) is 4.51. The summed E-state index contributed by atoms with van der Waals surface area (Å²) in [7, 11) is 0. The van der Waals surface area contributed by atoms with Gasteiger partial charge in [-0.25, -0.2) is 9.97 Å². The number of hydrogen-bond donors (Lipinski definition) is 1. The Morgan fingerprint density at radius 1 is 1.11 bits per heavy atom. The molecular weight excluding hydrogens is 254 g/mol. The smallest absolute Gasteiger partial charge is 0.143 e. The number of fused-ring (bicyclic) bond motifs is 1. The number of pyridine rings is 1. The summed E-state index contributed by atoms with van der Waals surface area (Å²) in [5.74, 6) is 0. The van der Waals surface area contributed by atoms with Crippen LogP contribution in [0.15, 0.2) is 48.7 Å². The van der Waals surface area contributed by atoms with Crippen molar-refractivity contribution in [3.05, 3.63) is 59.2 Å². The highest BCUT2D eigenvalue weighted by Crippen LogP contribution is 2.25. The molecule has 1 atom stereocenters. The van der Waals surface area contributed by atoms with E-state index in [1.54, 1.807) is 17.5 Å². The van der Waals surface area contributed by atoms with Crippen molar-refractivity contribution in [1.82, 2.24) is 9.97 Å². The van der Waals surface area contributed by atoms with Gasteiger partial charge in [0.15, 0.2) is 0 Å². The van der Waals surface area contributed by atoms with Crippen LogP contribution in [0.4, 0.5) is 0 Å². The van der Waals surface area contributed by atoms with Crippen molar-refractivity contribution >= 4 is 21.7 Å². The van der Waals surface area contributed by atoms with E-state index in [0.717, 1.165) is 28.2 Å². The Kier molecular flexibility index (Phi) is 3.53. The molecule has 0 saturated heterocycles. The number of hydrogen-bond acceptors (Lipinski definition) is 4. The Labute approximate surface area is 116 Å². The van der Waals surface area contributed by atoms with Gasteiger partial charge in [0.2, 0.25) is 0 Å². The van der Waals surface area contributed by atoms with E-state index in [4.69, 9.17) is 5.73 Å². The maximum Gasteiger partial charge on any atom is 0.143 e. The number of nitrogens with zero attached hydrogens (tertiary/aromatic N) is 2. The molecule has 0 saturated carbocycles. The van der Waals surface area contributed by atoms with Crippen LogP contribution in [-0.2, 0) is 6.42 Å². The first-order valence-electron chi connectivity index (χ1n) is 6.34. The molecule has 0 radical (unpaired) electrons. The molecule has 1 unspecified atom stereocenters. The molecule has 0 bridgehead atoms. The van der Waals surface area contributed by atoms with Crippen molar-refractivity contribution in [3.63, 3.8) is 0 Å². The number of aromatic nitrogens is 2. The van der Waals surface area contributed by atoms with Crippen molar-refractivity contribution in [3.8, 4) is 0 Å². The van der Waals surface area contributed by atoms with Crippen LogP contribution in [0.3, 0.4) is 0 Å². The van der Waals surface area contributed by atoms with Gasteiger partial charge >= 0.3 is 0 Å². The lowest BCUT2D eigenvalue weighted by Crippen LogP contribution is -2.10. The van der Waals surface area contributed by atoms with Crippen LogP contribution in [0.25, 0.3) is 10.3 Å². The van der Waals surface area contributed by atoms with E-state index in [-0.39, 0.29) is 6.04 Å². The van der Waals surface area contributed by atoms with Crippen LogP contribution in [0, 0.1) is 0 Å². The summed E-state index contributed by atoms with van der Waals surface area (Å²) >= 11 is 1.59. The Bertz CT molecular complexity index is 630. The van der Waals surface area contributed by atoms with Crippen molar-refractivity contribution in [2.75, 3.05) is 0 Å². The summed E-state index contributed by atoms with van der Waals surface area (Å²) in [6.45, 7) is 0. The molecule has 4 heteroatoms. The monoisotopic (exact) mass is 269 g/mol. The maximum absolute atomic E-state index is 6.23. The molecule has 96 valence electrons. The van der Waals surface area contributed by atoms with E-state index in [2.05, 4.69) is 34.2 Å². The summed E-state index contributed by atoms with van der Waals surface area (Å²) in [5, 5.41) is 0.977. The summed E-state index contributed by atoms with van der Waals surface area (Å²) in [5.41, 5.74) is 8.49. The van der Waals surface area contributed by atoms with Crippen molar-refractivity contribution in [2.24, 2.45) is 5.73 Å². The quantitative estimate of drug-likeness (QED) is 0.790. The molecule has 0 fully saturated rings. The van der Waals surface area contributed by atoms with E-state index < -0.39 is 0 Å². The Morgan fingerprint density at radius 2 is 1.95 bits per heavy atom. The second kappa shape index (κ2) is 5.47. The van der Waals surface area contributed by atoms with Gasteiger partial charge in [-0.15, -0.1) is 0 Å². The van der Waals surface area contributed by atoms with Crippen molar-refractivity contribution in [2.45, 2.75) is 18.9 Å². The molecular formula is C15H15N3S. The van der Waals surface area contributed by atoms with Gasteiger partial charge in [-0.1, -0.05) is 41.7 Å². The lowest BCUT2D eigenvalue weighted by atomic mass is 10.1. The molecule has 0 spiro atoms. The second-order valence-corrected chi connectivity index (χ2v) is 5.52. The fourth-order valence-electron chi connectivity index (χ4n) is 2.04. The van der Waals surface area contributed by atoms with Gasteiger partial charge in [-0.2, -0.15) is 0 Å². The van der Waals surface area contributed by atoms with Crippen LogP contribution >= 0.6 is 11.3 Å². The molecule has 19 heavy (non-hydrogen) atoms. The first kappa shape index (κ1) is 12.3. The zero-order chi connectivity index (χ0) is 13.1. The minimum Gasteiger partial charge on any atom is -0.322 e. The molecule has 2 heterocycles. The normalized spacial score (nSPS) is 12.7. The third kappa shape index (κ3) is 2.80. The minimum absolute atomic E-state index is 0.0144. The van der Waals surface area contributed by atoms with Gasteiger partial charge in [0.1, 0.15) is 15.4 Å². The number of aryl methyl sites for hydroxylation is 1. The summed E-state index contributed by atoms with van der Waals surface area (Å²) in [6, 6.07) is 14.3. The average Bonchev–Trinajstić information content (AvgIpc) is 2.90. The summed E-state index contributed by atoms with van der Waals surface area (Å²) < 4.78 is 0. The standard InChI is InChI=1S/C15H15N3S/c16-12(9-8-11-5-2-1-3-6-11)14-18-13-7-4-10-17-15(13)19-14/h1-7,10,12H,8-9,16H2. The fourth-order valence-corrected chi connectivity index (χ4v) is 2.98. The fraction of sp³-hybridized carbons (Fsp3) is 0.200. The molecule has 0 aliphatic rings. The molecule has 3 rings (SSSR count). The highest BCUT2D eigenvalue weighted by Gasteiger charge is 2.12. The maximum atomic E-state index is 6.23. The highest BCUT2D eigenvalue weighted by atomic mass is 32.1. The van der Waals surface area contributed by atoms with E-state index in [9.17, 15) is 0 Å². The topological polar surface area (TPSA) is 51.8 Å². The first-order chi connectivity index (χ1) is 9.33. The molecule has 0 amide bonds. The summed E-state index contributed by atoms with van der Waals surface area (Å²) in [4.78, 5) is 9.82. The molecule has 3 aromatic rings. The van der Waals surface area contributed by atoms with Crippen LogP contribution in [0.1, 0.15) is 23.0 Å². The van der Waals surface area contributed by atoms with Crippen molar-refractivity contribution in [1.29, 1.82) is 0 Å². The Hall–Kier alpha value is -1.78. The van der Waals surface area contributed by atoms with Crippen LogP contribution in [-0.4, -0.2) is 9.97 Å². The van der Waals surface area contributed by atoms with E-state index in [1.807, 2.05) is 18.2 Å². The minimum atomic E-state index is -0.0144. The van der Waals surface area contributed by atoms with Crippen LogP contribution in [0.5, 0.6) is 0 Å². The lowest BCUT2D eigenvalue weighted by molar-refractivity contribution is 0.648. The zero-order valence-corrected chi connectivity index (χ0v) is 11.3. The molecule has 2 N–H and O–H groups in total. The number of rotatable bonds is 4. The SMILES string of the molecule is NC(CCc1ccccc1)c1nc2cccnc2s1. The van der Waals surface area contributed by atoms with Gasteiger partial charge in [0.05, 0.1) is 6.04 Å². The Morgan fingerprint density at radius 3 is 2.74 bits per heavy atom. The predicted octanol–water partition coefficient (Wildman–Crippen LogP) is 3.32. The largest absolute Gasteiger partial charge is 0.322 e. The van der Waals surface area contributed by atoms with Crippen LogP contribution < -0.4 is 5.73 Å². The number of thiazole rings is 1. The van der Waals surface area contributed by atoms with Gasteiger partial charge < -0.3 is 5.73 Å². The zero-order valence-electron chi connectivity index (χ0n) is 10.5. The molecule has 1 aromatic carbocycles. The van der Waals surface area contributed by atoms with Crippen molar-refractivity contribution < 1.29 is 0 Å². The van der Waals surface area contributed by atoms with Gasteiger partial charge in [0.25, 0.3) is 0 Å². The predicted molar refractivity (Wildman–Crippen MR) is 79.1 cm³/mol. The van der Waals surface area contributed by atoms with E-state index in [0.29, 0.717) is 0 Å². The number of nitrogens with two attached hydrogens (primary N) is 1. The molecule has 3 nitrogen and oxygen atoms in total. The van der Waals surface area contributed by atoms with E-state index in [1.165, 1.54) is 5.56 Å². The molecule has 2 aromatic heterocycles. The van der Waals surface area contributed by atoms with Gasteiger partial charge in [-0.05, 0) is 30.5 Å². The molecule has 0 aliphatic carbocycles. The highest BCUT2D eigenvalue weighted by molar-refractivity contribution is 7.18. The third-order valence-electron chi connectivity index (χ3n) is 3.09. The third-order valence-corrected chi connectivity index (χ3v) is 4.20. The van der Waals surface area contributed by atoms with Gasteiger partial charge in [0, 0.05) is 6.20 Å². The Balaban J connectivity index is 1.71. The van der Waals surface area contributed by atoms with Gasteiger partial charge in [-0.3, -0.25) is 0 Å². The first-order valence-corrected chi connectivity index (χ1v) is 7.15. The number of benzene rings is 1. The van der Waals surface area contributed by atoms with E-state index >= 15 is 0 Å². The summed E-state index contributed by atoms with van der Waals surface area (Å²) in [6.07, 6.45) is 3.68. The molecule has 0 aliphatic heterocycles. The lowest BCUT2D eigenvalue weighted by Gasteiger charge is -2.07. The average molecular weight is 269 g/mol.